The molecule has 1 unspecified atom stereocenters. The van der Waals surface area contributed by atoms with Crippen molar-refractivity contribution in [2.24, 2.45) is 5.73 Å². The van der Waals surface area contributed by atoms with Crippen LogP contribution in [0.2, 0.25) is 0 Å². The van der Waals surface area contributed by atoms with E-state index in [0.29, 0.717) is 19.3 Å². The summed E-state index contributed by atoms with van der Waals surface area (Å²) in [7, 11) is 0. The second kappa shape index (κ2) is 6.37. The summed E-state index contributed by atoms with van der Waals surface area (Å²) in [5, 5.41) is 11.2. The van der Waals surface area contributed by atoms with E-state index in [-0.39, 0.29) is 0 Å². The minimum atomic E-state index is -1.01. The molecule has 82 valence electrons. The molecule has 0 saturated heterocycles. The molecule has 5 nitrogen and oxygen atoms in total. The Morgan fingerprint density at radius 1 is 1.43 bits per heavy atom. The molecule has 0 fully saturated rings. The van der Waals surface area contributed by atoms with Crippen LogP contribution < -0.4 is 11.1 Å². The van der Waals surface area contributed by atoms with Crippen LogP contribution in [0.25, 0.3) is 0 Å². The predicted octanol–water partition coefficient (Wildman–Crippen LogP) is 0.0932. The molecular weight excluding hydrogens is 184 g/mol. The molecule has 2 atom stereocenters. The highest BCUT2D eigenvalue weighted by atomic mass is 16.4. The van der Waals surface area contributed by atoms with E-state index in [1.54, 1.807) is 6.92 Å². The number of carbonyl (C=O) groups is 2. The van der Waals surface area contributed by atoms with Gasteiger partial charge in [0.2, 0.25) is 5.91 Å². The Morgan fingerprint density at radius 3 is 2.36 bits per heavy atom. The van der Waals surface area contributed by atoms with Gasteiger partial charge in [0.1, 0.15) is 6.04 Å². The number of aliphatic carboxylic acids is 1. The average Bonchev–Trinajstić information content (AvgIpc) is 2.15. The summed E-state index contributed by atoms with van der Waals surface area (Å²) in [5.41, 5.74) is 5.46. The van der Waals surface area contributed by atoms with Crippen molar-refractivity contribution in [3.05, 3.63) is 0 Å². The van der Waals surface area contributed by atoms with Crippen LogP contribution in [0, 0.1) is 0 Å². The molecule has 0 rings (SSSR count). The van der Waals surface area contributed by atoms with Crippen LogP contribution in [0.15, 0.2) is 0 Å². The van der Waals surface area contributed by atoms with E-state index in [1.807, 2.05) is 6.92 Å². The standard InChI is InChI=1S/C9H18N2O3/c1-3-5-7(9(13)14)11-8(12)6(10)4-2/h6-7H,3-5,10H2,1-2H3,(H,11,12)(H,13,14)/t6?,7-/m1/s1. The first-order chi connectivity index (χ1) is 6.52. The maximum absolute atomic E-state index is 11.3. The number of nitrogens with two attached hydrogens (primary N) is 1. The van der Waals surface area contributed by atoms with Gasteiger partial charge < -0.3 is 16.2 Å². The lowest BCUT2D eigenvalue weighted by Gasteiger charge is -2.16. The van der Waals surface area contributed by atoms with Crippen molar-refractivity contribution in [3.63, 3.8) is 0 Å². The number of carboxylic acid groups (broad SMARTS) is 1. The maximum Gasteiger partial charge on any atom is 0.326 e. The fourth-order valence-corrected chi connectivity index (χ4v) is 1.01. The summed E-state index contributed by atoms with van der Waals surface area (Å²) in [6.45, 7) is 3.64. The summed E-state index contributed by atoms with van der Waals surface area (Å²) in [5.74, 6) is -1.41. The van der Waals surface area contributed by atoms with Crippen molar-refractivity contribution in [3.8, 4) is 0 Å². The predicted molar refractivity (Wildman–Crippen MR) is 52.7 cm³/mol. The van der Waals surface area contributed by atoms with Gasteiger partial charge in [-0.3, -0.25) is 4.79 Å². The highest BCUT2D eigenvalue weighted by molar-refractivity contribution is 5.86. The average molecular weight is 202 g/mol. The molecular formula is C9H18N2O3. The number of carboxylic acids is 1. The van der Waals surface area contributed by atoms with Crippen molar-refractivity contribution in [2.45, 2.75) is 45.2 Å². The zero-order valence-corrected chi connectivity index (χ0v) is 8.62. The molecule has 0 aliphatic carbocycles. The van der Waals surface area contributed by atoms with Crippen molar-refractivity contribution in [1.82, 2.24) is 5.32 Å². The van der Waals surface area contributed by atoms with Crippen LogP contribution in [0.4, 0.5) is 0 Å². The van der Waals surface area contributed by atoms with E-state index >= 15 is 0 Å². The summed E-state index contributed by atoms with van der Waals surface area (Å²) < 4.78 is 0. The van der Waals surface area contributed by atoms with Crippen LogP contribution in [-0.2, 0) is 9.59 Å². The smallest absolute Gasteiger partial charge is 0.326 e. The lowest BCUT2D eigenvalue weighted by molar-refractivity contribution is -0.142. The van der Waals surface area contributed by atoms with Gasteiger partial charge in [0.05, 0.1) is 6.04 Å². The van der Waals surface area contributed by atoms with Gasteiger partial charge in [0.25, 0.3) is 0 Å². The number of hydrogen-bond acceptors (Lipinski definition) is 3. The molecule has 4 N–H and O–H groups in total. The van der Waals surface area contributed by atoms with Gasteiger partial charge >= 0.3 is 5.97 Å². The molecule has 5 heteroatoms. The Hall–Kier alpha value is -1.10. The van der Waals surface area contributed by atoms with Crippen molar-refractivity contribution < 1.29 is 14.7 Å². The van der Waals surface area contributed by atoms with Gasteiger partial charge in [-0.15, -0.1) is 0 Å². The van der Waals surface area contributed by atoms with Crippen LogP contribution in [0.5, 0.6) is 0 Å². The number of nitrogens with one attached hydrogen (secondary N) is 1. The van der Waals surface area contributed by atoms with E-state index < -0.39 is 24.0 Å². The van der Waals surface area contributed by atoms with Gasteiger partial charge in [-0.25, -0.2) is 4.79 Å². The third-order valence-corrected chi connectivity index (χ3v) is 1.97. The van der Waals surface area contributed by atoms with Gasteiger partial charge in [-0.05, 0) is 12.8 Å². The lowest BCUT2D eigenvalue weighted by atomic mass is 10.1. The Kier molecular flexibility index (Phi) is 5.87. The summed E-state index contributed by atoms with van der Waals surface area (Å²) in [4.78, 5) is 21.9. The number of rotatable bonds is 6. The van der Waals surface area contributed by atoms with Crippen molar-refractivity contribution in [2.75, 3.05) is 0 Å². The largest absolute Gasteiger partial charge is 0.480 e. The van der Waals surface area contributed by atoms with E-state index in [9.17, 15) is 9.59 Å². The van der Waals surface area contributed by atoms with E-state index in [4.69, 9.17) is 10.8 Å². The first-order valence-electron chi connectivity index (χ1n) is 4.81. The molecule has 14 heavy (non-hydrogen) atoms. The third kappa shape index (κ3) is 4.23. The highest BCUT2D eigenvalue weighted by Gasteiger charge is 2.21. The molecule has 0 aliphatic rings. The molecule has 0 bridgehead atoms. The normalized spacial score (nSPS) is 14.5. The number of hydrogen-bond donors (Lipinski definition) is 3. The molecule has 0 aromatic heterocycles. The first kappa shape index (κ1) is 12.9. The Bertz CT molecular complexity index is 206. The molecule has 0 aliphatic heterocycles. The SMILES string of the molecule is CCC[C@@H](NC(=O)C(N)CC)C(=O)O. The Morgan fingerprint density at radius 2 is 2.00 bits per heavy atom. The molecule has 0 saturated carbocycles. The first-order valence-corrected chi connectivity index (χ1v) is 4.81. The molecule has 0 radical (unpaired) electrons. The summed E-state index contributed by atoms with van der Waals surface area (Å²) >= 11 is 0. The molecule has 1 amide bonds. The van der Waals surface area contributed by atoms with Crippen molar-refractivity contribution in [1.29, 1.82) is 0 Å². The topological polar surface area (TPSA) is 92.4 Å². The minimum Gasteiger partial charge on any atom is -0.480 e. The van der Waals surface area contributed by atoms with E-state index in [2.05, 4.69) is 5.32 Å². The fraction of sp³-hybridized carbons (Fsp3) is 0.778. The van der Waals surface area contributed by atoms with Gasteiger partial charge in [0.15, 0.2) is 0 Å². The van der Waals surface area contributed by atoms with Gasteiger partial charge in [-0.1, -0.05) is 20.3 Å². The number of amides is 1. The van der Waals surface area contributed by atoms with Crippen LogP contribution >= 0.6 is 0 Å². The quantitative estimate of drug-likeness (QED) is 0.569. The van der Waals surface area contributed by atoms with E-state index in [1.165, 1.54) is 0 Å². The van der Waals surface area contributed by atoms with Gasteiger partial charge in [0, 0.05) is 0 Å². The second-order valence-corrected chi connectivity index (χ2v) is 3.20. The number of carbonyl (C=O) groups excluding carboxylic acids is 1. The van der Waals surface area contributed by atoms with Crippen LogP contribution in [0.1, 0.15) is 33.1 Å². The van der Waals surface area contributed by atoms with Gasteiger partial charge in [-0.2, -0.15) is 0 Å². The molecule has 0 aromatic rings. The molecule has 0 aromatic carbocycles. The zero-order valence-electron chi connectivity index (χ0n) is 8.62. The van der Waals surface area contributed by atoms with E-state index in [0.717, 1.165) is 0 Å². The maximum atomic E-state index is 11.3. The third-order valence-electron chi connectivity index (χ3n) is 1.97. The van der Waals surface area contributed by atoms with Crippen LogP contribution in [-0.4, -0.2) is 29.1 Å². The molecule has 0 heterocycles. The lowest BCUT2D eigenvalue weighted by Crippen LogP contribution is -2.48. The molecule has 0 spiro atoms. The summed E-state index contributed by atoms with van der Waals surface area (Å²) in [6.07, 6.45) is 1.64. The minimum absolute atomic E-state index is 0.395. The zero-order chi connectivity index (χ0) is 11.1. The van der Waals surface area contributed by atoms with Crippen LogP contribution in [0.3, 0.4) is 0 Å². The monoisotopic (exact) mass is 202 g/mol. The second-order valence-electron chi connectivity index (χ2n) is 3.20. The Balaban J connectivity index is 4.15. The van der Waals surface area contributed by atoms with Crippen molar-refractivity contribution >= 4 is 11.9 Å². The Labute approximate surface area is 83.7 Å². The fourth-order valence-electron chi connectivity index (χ4n) is 1.01. The highest BCUT2D eigenvalue weighted by Crippen LogP contribution is 1.98. The summed E-state index contributed by atoms with van der Waals surface area (Å²) in [6, 6.07) is -1.43.